The van der Waals surface area contributed by atoms with E-state index in [4.69, 9.17) is 0 Å². The Kier molecular flexibility index (Phi) is 5.91. The van der Waals surface area contributed by atoms with E-state index in [1.807, 2.05) is 53.4 Å². The van der Waals surface area contributed by atoms with Gasteiger partial charge in [0.05, 0.1) is 0 Å². The number of urea groups is 1. The Morgan fingerprint density at radius 2 is 1.80 bits per heavy atom. The molecular weight excluding hydrogens is 429 g/mol. The van der Waals surface area contributed by atoms with Crippen LogP contribution in [0.5, 0.6) is 0 Å². The molecule has 0 radical (unpaired) electrons. The van der Waals surface area contributed by atoms with Crippen molar-refractivity contribution in [3.63, 3.8) is 0 Å². The normalized spacial score (nSPS) is 13.6. The largest absolute Gasteiger partial charge is 0.339 e. The second-order valence-electron chi connectivity index (χ2n) is 6.02. The van der Waals surface area contributed by atoms with Crippen LogP contribution in [0.25, 0.3) is 0 Å². The van der Waals surface area contributed by atoms with Crippen molar-refractivity contribution in [2.24, 2.45) is 0 Å². The van der Waals surface area contributed by atoms with Crippen LogP contribution in [0.4, 0.5) is 10.5 Å². The number of hydrogen-bond donors (Lipinski definition) is 2. The van der Waals surface area contributed by atoms with Crippen molar-refractivity contribution in [3.8, 4) is 0 Å². The van der Waals surface area contributed by atoms with Gasteiger partial charge in [0.2, 0.25) is 0 Å². The van der Waals surface area contributed by atoms with Crippen LogP contribution in [0.15, 0.2) is 48.5 Å². The number of likely N-dealkylation sites (tertiary alicyclic amines) is 1. The quantitative estimate of drug-likeness (QED) is 0.697. The van der Waals surface area contributed by atoms with Crippen molar-refractivity contribution in [1.82, 2.24) is 10.2 Å². The molecule has 5 nitrogen and oxygen atoms in total. The maximum atomic E-state index is 12.4. The van der Waals surface area contributed by atoms with Crippen molar-refractivity contribution in [2.75, 3.05) is 18.4 Å². The number of benzene rings is 2. The van der Waals surface area contributed by atoms with Crippen molar-refractivity contribution in [2.45, 2.75) is 19.4 Å². The Morgan fingerprint density at radius 1 is 1.04 bits per heavy atom. The maximum Gasteiger partial charge on any atom is 0.319 e. The summed E-state index contributed by atoms with van der Waals surface area (Å²) in [6.45, 7) is 2.04. The predicted octanol–water partition coefficient (Wildman–Crippen LogP) is 3.85. The average molecular weight is 449 g/mol. The number of nitrogens with one attached hydrogen (secondary N) is 2. The summed E-state index contributed by atoms with van der Waals surface area (Å²) in [5.74, 6) is 0.0719. The summed E-state index contributed by atoms with van der Waals surface area (Å²) in [5.41, 5.74) is 2.34. The van der Waals surface area contributed by atoms with Gasteiger partial charge in [-0.05, 0) is 71.3 Å². The predicted molar refractivity (Wildman–Crippen MR) is 107 cm³/mol. The molecule has 1 aliphatic heterocycles. The fourth-order valence-electron chi connectivity index (χ4n) is 2.84. The highest BCUT2D eigenvalue weighted by atomic mass is 127. The first-order valence-corrected chi connectivity index (χ1v) is 9.38. The molecule has 1 saturated heterocycles. The van der Waals surface area contributed by atoms with Gasteiger partial charge in [0, 0.05) is 34.5 Å². The Hall–Kier alpha value is -2.09. The van der Waals surface area contributed by atoms with Crippen LogP contribution in [-0.2, 0) is 6.54 Å². The molecule has 0 spiro atoms. The van der Waals surface area contributed by atoms with E-state index in [2.05, 4.69) is 33.2 Å². The maximum absolute atomic E-state index is 12.4. The smallest absolute Gasteiger partial charge is 0.319 e. The molecule has 2 aromatic carbocycles. The summed E-state index contributed by atoms with van der Waals surface area (Å²) in [4.78, 5) is 26.3. The molecule has 1 aliphatic rings. The molecular formula is C19H20IN3O2. The summed E-state index contributed by atoms with van der Waals surface area (Å²) < 4.78 is 1.06. The standard InChI is InChI=1S/C19H20IN3O2/c20-16-7-4-8-17(12-16)22-19(25)21-13-14-5-3-6-15(11-14)18(24)23-9-1-2-10-23/h3-8,11-12H,1-2,9-10,13H2,(H2,21,22,25). The van der Waals surface area contributed by atoms with Gasteiger partial charge in [-0.25, -0.2) is 4.79 Å². The molecule has 1 heterocycles. The zero-order valence-electron chi connectivity index (χ0n) is 13.8. The van der Waals surface area contributed by atoms with Crippen LogP contribution < -0.4 is 10.6 Å². The van der Waals surface area contributed by atoms with E-state index in [1.54, 1.807) is 0 Å². The van der Waals surface area contributed by atoms with Gasteiger partial charge >= 0.3 is 6.03 Å². The molecule has 0 aromatic heterocycles. The summed E-state index contributed by atoms with van der Waals surface area (Å²) >= 11 is 2.20. The SMILES string of the molecule is O=C(NCc1cccc(C(=O)N2CCCC2)c1)Nc1cccc(I)c1. The van der Waals surface area contributed by atoms with Crippen molar-refractivity contribution in [3.05, 3.63) is 63.2 Å². The van der Waals surface area contributed by atoms with E-state index in [0.717, 1.165) is 40.8 Å². The van der Waals surface area contributed by atoms with Gasteiger partial charge in [0.1, 0.15) is 0 Å². The Bertz CT molecular complexity index is 773. The molecule has 3 rings (SSSR count). The molecule has 0 saturated carbocycles. The molecule has 3 amide bonds. The Labute approximate surface area is 160 Å². The lowest BCUT2D eigenvalue weighted by Crippen LogP contribution is -2.29. The first-order valence-electron chi connectivity index (χ1n) is 8.30. The minimum Gasteiger partial charge on any atom is -0.339 e. The van der Waals surface area contributed by atoms with E-state index in [0.29, 0.717) is 12.1 Å². The summed E-state index contributed by atoms with van der Waals surface area (Å²) in [5, 5.41) is 5.63. The number of amides is 3. The number of rotatable bonds is 4. The third kappa shape index (κ3) is 4.94. The van der Waals surface area contributed by atoms with Gasteiger partial charge in [0.25, 0.3) is 5.91 Å². The number of carbonyl (C=O) groups excluding carboxylic acids is 2. The van der Waals surface area contributed by atoms with Gasteiger partial charge in [-0.1, -0.05) is 18.2 Å². The van der Waals surface area contributed by atoms with Gasteiger partial charge < -0.3 is 15.5 Å². The highest BCUT2D eigenvalue weighted by Gasteiger charge is 2.19. The molecule has 2 aromatic rings. The van der Waals surface area contributed by atoms with E-state index >= 15 is 0 Å². The van der Waals surface area contributed by atoms with Crippen LogP contribution in [-0.4, -0.2) is 29.9 Å². The van der Waals surface area contributed by atoms with Crippen molar-refractivity contribution < 1.29 is 9.59 Å². The van der Waals surface area contributed by atoms with E-state index in [1.165, 1.54) is 0 Å². The lowest BCUT2D eigenvalue weighted by atomic mass is 10.1. The van der Waals surface area contributed by atoms with E-state index in [9.17, 15) is 9.59 Å². The van der Waals surface area contributed by atoms with E-state index in [-0.39, 0.29) is 11.9 Å². The van der Waals surface area contributed by atoms with Crippen LogP contribution in [0.3, 0.4) is 0 Å². The zero-order chi connectivity index (χ0) is 17.6. The van der Waals surface area contributed by atoms with Crippen molar-refractivity contribution in [1.29, 1.82) is 0 Å². The van der Waals surface area contributed by atoms with Crippen LogP contribution >= 0.6 is 22.6 Å². The summed E-state index contributed by atoms with van der Waals surface area (Å²) in [7, 11) is 0. The van der Waals surface area contributed by atoms with Crippen LogP contribution in [0.1, 0.15) is 28.8 Å². The lowest BCUT2D eigenvalue weighted by Gasteiger charge is -2.15. The molecule has 0 aliphatic carbocycles. The number of carbonyl (C=O) groups is 2. The van der Waals surface area contributed by atoms with Gasteiger partial charge in [-0.3, -0.25) is 4.79 Å². The summed E-state index contributed by atoms with van der Waals surface area (Å²) in [6, 6.07) is 14.8. The van der Waals surface area contributed by atoms with Gasteiger partial charge in [-0.2, -0.15) is 0 Å². The molecule has 25 heavy (non-hydrogen) atoms. The Morgan fingerprint density at radius 3 is 2.56 bits per heavy atom. The fraction of sp³-hybridized carbons (Fsp3) is 0.263. The number of hydrogen-bond acceptors (Lipinski definition) is 2. The third-order valence-corrected chi connectivity index (χ3v) is 4.77. The minimum atomic E-state index is -0.265. The average Bonchev–Trinajstić information content (AvgIpc) is 3.14. The number of nitrogens with zero attached hydrogens (tertiary/aromatic N) is 1. The second-order valence-corrected chi connectivity index (χ2v) is 7.26. The minimum absolute atomic E-state index is 0.0719. The van der Waals surface area contributed by atoms with Crippen molar-refractivity contribution >= 4 is 40.2 Å². The highest BCUT2D eigenvalue weighted by Crippen LogP contribution is 2.15. The molecule has 130 valence electrons. The first kappa shape index (κ1) is 17.7. The first-order chi connectivity index (χ1) is 12.1. The number of anilines is 1. The zero-order valence-corrected chi connectivity index (χ0v) is 16.0. The van der Waals surface area contributed by atoms with Gasteiger partial charge in [0.15, 0.2) is 0 Å². The lowest BCUT2D eigenvalue weighted by molar-refractivity contribution is 0.0792. The van der Waals surface area contributed by atoms with Crippen LogP contribution in [0.2, 0.25) is 0 Å². The van der Waals surface area contributed by atoms with E-state index < -0.39 is 0 Å². The third-order valence-electron chi connectivity index (χ3n) is 4.10. The van der Waals surface area contributed by atoms with Crippen LogP contribution in [0, 0.1) is 3.57 Å². The molecule has 1 fully saturated rings. The Balaban J connectivity index is 1.56. The monoisotopic (exact) mass is 449 g/mol. The molecule has 0 unspecified atom stereocenters. The highest BCUT2D eigenvalue weighted by molar-refractivity contribution is 14.1. The second kappa shape index (κ2) is 8.33. The summed E-state index contributed by atoms with van der Waals surface area (Å²) in [6.07, 6.45) is 2.15. The topological polar surface area (TPSA) is 61.4 Å². The molecule has 6 heteroatoms. The van der Waals surface area contributed by atoms with Gasteiger partial charge in [-0.15, -0.1) is 0 Å². The molecule has 0 atom stereocenters. The fourth-order valence-corrected chi connectivity index (χ4v) is 3.38. The molecule has 2 N–H and O–H groups in total. The molecule has 0 bridgehead atoms. The number of halogens is 1.